The van der Waals surface area contributed by atoms with Gasteiger partial charge in [-0.3, -0.25) is 4.99 Å². The van der Waals surface area contributed by atoms with Crippen molar-refractivity contribution in [3.63, 3.8) is 0 Å². The van der Waals surface area contributed by atoms with Gasteiger partial charge in [-0.2, -0.15) is 4.98 Å². The summed E-state index contributed by atoms with van der Waals surface area (Å²) >= 11 is 0. The minimum absolute atomic E-state index is 0.461. The third kappa shape index (κ3) is 3.92. The number of rotatable bonds is 6. The molecule has 0 aliphatic heterocycles. The molecule has 3 rings (SSSR count). The first-order valence-electron chi connectivity index (χ1n) is 8.04. The number of hydrogen-bond donors (Lipinski definition) is 2. The SMILES string of the molecule is CN=C(NCCCn1ccc2ccccc21)NCc1nc(C)no1. The molecule has 2 N–H and O–H groups in total. The normalized spacial score (nSPS) is 11.8. The van der Waals surface area contributed by atoms with Crippen LogP contribution in [0.15, 0.2) is 46.0 Å². The predicted molar refractivity (Wildman–Crippen MR) is 93.8 cm³/mol. The summed E-state index contributed by atoms with van der Waals surface area (Å²) in [6, 6.07) is 10.6. The maximum absolute atomic E-state index is 5.06. The van der Waals surface area contributed by atoms with Crippen LogP contribution in [0.25, 0.3) is 10.9 Å². The van der Waals surface area contributed by atoms with E-state index >= 15 is 0 Å². The Kier molecular flexibility index (Phi) is 5.10. The molecule has 3 aromatic rings. The van der Waals surface area contributed by atoms with Gasteiger partial charge in [0, 0.05) is 31.9 Å². The summed E-state index contributed by atoms with van der Waals surface area (Å²) in [5, 5.41) is 11.5. The van der Waals surface area contributed by atoms with E-state index in [1.165, 1.54) is 10.9 Å². The lowest BCUT2D eigenvalue weighted by Gasteiger charge is -2.11. The van der Waals surface area contributed by atoms with Crippen LogP contribution in [-0.2, 0) is 13.1 Å². The number of guanidine groups is 1. The third-order valence-corrected chi connectivity index (χ3v) is 3.75. The molecule has 0 bridgehead atoms. The number of nitrogens with zero attached hydrogens (tertiary/aromatic N) is 4. The highest BCUT2D eigenvalue weighted by atomic mass is 16.5. The molecular formula is C17H22N6O. The zero-order valence-corrected chi connectivity index (χ0v) is 14.0. The van der Waals surface area contributed by atoms with Gasteiger partial charge in [0.1, 0.15) is 0 Å². The third-order valence-electron chi connectivity index (χ3n) is 3.75. The van der Waals surface area contributed by atoms with Crippen molar-refractivity contribution in [1.29, 1.82) is 0 Å². The van der Waals surface area contributed by atoms with E-state index in [9.17, 15) is 0 Å². The smallest absolute Gasteiger partial charge is 0.246 e. The van der Waals surface area contributed by atoms with Gasteiger partial charge in [-0.25, -0.2) is 0 Å². The quantitative estimate of drug-likeness (QED) is 0.412. The fraction of sp³-hybridized carbons (Fsp3) is 0.353. The van der Waals surface area contributed by atoms with E-state index in [4.69, 9.17) is 4.52 Å². The van der Waals surface area contributed by atoms with Gasteiger partial charge in [0.15, 0.2) is 11.8 Å². The Balaban J connectivity index is 1.43. The summed E-state index contributed by atoms with van der Waals surface area (Å²) in [5.41, 5.74) is 1.27. The molecule has 0 spiro atoms. The minimum Gasteiger partial charge on any atom is -0.356 e. The molecule has 0 unspecified atom stereocenters. The van der Waals surface area contributed by atoms with Gasteiger partial charge in [0.25, 0.3) is 0 Å². The molecule has 0 atom stereocenters. The summed E-state index contributed by atoms with van der Waals surface area (Å²) in [6.45, 7) is 4.04. The highest BCUT2D eigenvalue weighted by molar-refractivity contribution is 5.80. The molecule has 0 radical (unpaired) electrons. The van der Waals surface area contributed by atoms with Crippen LogP contribution in [0.5, 0.6) is 0 Å². The number of nitrogens with one attached hydrogen (secondary N) is 2. The Bertz CT molecular complexity index is 819. The highest BCUT2D eigenvalue weighted by Gasteiger charge is 2.04. The molecule has 24 heavy (non-hydrogen) atoms. The zero-order chi connectivity index (χ0) is 16.8. The van der Waals surface area contributed by atoms with Crippen LogP contribution in [-0.4, -0.2) is 34.3 Å². The van der Waals surface area contributed by atoms with Crippen LogP contribution in [0.1, 0.15) is 18.1 Å². The van der Waals surface area contributed by atoms with Crippen LogP contribution in [0.2, 0.25) is 0 Å². The van der Waals surface area contributed by atoms with E-state index < -0.39 is 0 Å². The van der Waals surface area contributed by atoms with Crippen molar-refractivity contribution in [2.75, 3.05) is 13.6 Å². The molecule has 0 aliphatic rings. The van der Waals surface area contributed by atoms with Gasteiger partial charge >= 0.3 is 0 Å². The van der Waals surface area contributed by atoms with Gasteiger partial charge in [0.05, 0.1) is 6.54 Å². The standard InChI is InChI=1S/C17H22N6O/c1-13-21-16(24-22-13)12-20-17(18-2)19-9-5-10-23-11-8-14-6-3-4-7-15(14)23/h3-4,6-8,11H,5,9-10,12H2,1-2H3,(H2,18,19,20). The molecule has 0 aliphatic carbocycles. The summed E-state index contributed by atoms with van der Waals surface area (Å²) in [5.74, 6) is 1.91. The lowest BCUT2D eigenvalue weighted by atomic mass is 10.2. The van der Waals surface area contributed by atoms with Crippen LogP contribution in [0.3, 0.4) is 0 Å². The van der Waals surface area contributed by atoms with E-state index in [0.29, 0.717) is 18.3 Å². The fourth-order valence-corrected chi connectivity index (χ4v) is 2.58. The average molecular weight is 326 g/mol. The van der Waals surface area contributed by atoms with E-state index in [0.717, 1.165) is 25.5 Å². The fourth-order valence-electron chi connectivity index (χ4n) is 2.58. The molecule has 2 aromatic heterocycles. The van der Waals surface area contributed by atoms with Crippen LogP contribution in [0, 0.1) is 6.92 Å². The second kappa shape index (κ2) is 7.63. The molecule has 0 saturated carbocycles. The van der Waals surface area contributed by atoms with Crippen molar-refractivity contribution in [3.05, 3.63) is 48.2 Å². The first kappa shape index (κ1) is 16.0. The second-order valence-corrected chi connectivity index (χ2v) is 5.51. The van der Waals surface area contributed by atoms with Crippen molar-refractivity contribution >= 4 is 16.9 Å². The topological polar surface area (TPSA) is 80.3 Å². The van der Waals surface area contributed by atoms with Gasteiger partial charge in [-0.1, -0.05) is 23.4 Å². The van der Waals surface area contributed by atoms with E-state index in [1.807, 2.05) is 0 Å². The highest BCUT2D eigenvalue weighted by Crippen LogP contribution is 2.15. The van der Waals surface area contributed by atoms with Gasteiger partial charge in [-0.05, 0) is 30.9 Å². The first-order chi connectivity index (χ1) is 11.8. The lowest BCUT2D eigenvalue weighted by molar-refractivity contribution is 0.371. The van der Waals surface area contributed by atoms with E-state index in [-0.39, 0.29) is 0 Å². The number of hydrogen-bond acceptors (Lipinski definition) is 4. The maximum Gasteiger partial charge on any atom is 0.246 e. The summed E-state index contributed by atoms with van der Waals surface area (Å²) in [7, 11) is 1.74. The molecule has 7 nitrogen and oxygen atoms in total. The number of benzene rings is 1. The molecule has 0 fully saturated rings. The van der Waals surface area contributed by atoms with Crippen molar-refractivity contribution in [3.8, 4) is 0 Å². The number of aromatic nitrogens is 3. The van der Waals surface area contributed by atoms with Gasteiger partial charge < -0.3 is 19.7 Å². The summed E-state index contributed by atoms with van der Waals surface area (Å²) < 4.78 is 7.34. The van der Waals surface area contributed by atoms with Crippen LogP contribution < -0.4 is 10.6 Å². The Labute approximate surface area is 140 Å². The maximum atomic E-state index is 5.06. The number of fused-ring (bicyclic) bond motifs is 1. The number of para-hydroxylation sites is 1. The molecule has 7 heteroatoms. The van der Waals surface area contributed by atoms with E-state index in [1.54, 1.807) is 14.0 Å². The lowest BCUT2D eigenvalue weighted by Crippen LogP contribution is -2.37. The molecule has 0 saturated heterocycles. The predicted octanol–water partition coefficient (Wildman–Crippen LogP) is 2.09. The zero-order valence-electron chi connectivity index (χ0n) is 14.0. The second-order valence-electron chi connectivity index (χ2n) is 5.51. The molecule has 0 amide bonds. The van der Waals surface area contributed by atoms with Crippen molar-refractivity contribution in [2.45, 2.75) is 26.4 Å². The number of aryl methyl sites for hydroxylation is 2. The van der Waals surface area contributed by atoms with Crippen LogP contribution >= 0.6 is 0 Å². The van der Waals surface area contributed by atoms with Crippen molar-refractivity contribution < 1.29 is 4.52 Å². The Morgan fingerprint density at radius 1 is 1.25 bits per heavy atom. The Hall–Kier alpha value is -2.83. The van der Waals surface area contributed by atoms with E-state index in [2.05, 4.69) is 66.9 Å². The molecule has 1 aromatic carbocycles. The van der Waals surface area contributed by atoms with Gasteiger partial charge in [0.2, 0.25) is 5.89 Å². The van der Waals surface area contributed by atoms with Crippen molar-refractivity contribution in [1.82, 2.24) is 25.3 Å². The van der Waals surface area contributed by atoms with Gasteiger partial charge in [-0.15, -0.1) is 0 Å². The average Bonchev–Trinajstić information content (AvgIpc) is 3.20. The monoisotopic (exact) mass is 326 g/mol. The summed E-state index contributed by atoms with van der Waals surface area (Å²) in [4.78, 5) is 8.34. The first-order valence-corrected chi connectivity index (χ1v) is 8.04. The molecule has 126 valence electrons. The van der Waals surface area contributed by atoms with Crippen LogP contribution in [0.4, 0.5) is 0 Å². The Morgan fingerprint density at radius 2 is 2.12 bits per heavy atom. The molecular weight excluding hydrogens is 304 g/mol. The minimum atomic E-state index is 0.461. The number of aliphatic imine (C=N–C) groups is 1. The largest absolute Gasteiger partial charge is 0.356 e. The molecule has 2 heterocycles. The summed E-state index contributed by atoms with van der Waals surface area (Å²) in [6.07, 6.45) is 3.13. The Morgan fingerprint density at radius 3 is 2.92 bits per heavy atom. The van der Waals surface area contributed by atoms with Crippen molar-refractivity contribution in [2.24, 2.45) is 4.99 Å².